The first-order valence-corrected chi connectivity index (χ1v) is 6.01. The zero-order chi connectivity index (χ0) is 11.6. The number of carbonyl (C=O) groups is 1. The van der Waals surface area contributed by atoms with Crippen LogP contribution in [0.25, 0.3) is 0 Å². The molecule has 2 nitrogen and oxygen atoms in total. The van der Waals surface area contributed by atoms with Gasteiger partial charge in [0.25, 0.3) is 0 Å². The Kier molecular flexibility index (Phi) is 3.31. The molecule has 1 saturated heterocycles. The van der Waals surface area contributed by atoms with Crippen LogP contribution in [0.3, 0.4) is 0 Å². The molecule has 1 aromatic rings. The van der Waals surface area contributed by atoms with Crippen LogP contribution < -0.4 is 5.32 Å². The molecule has 0 amide bonds. The highest BCUT2D eigenvalue weighted by Crippen LogP contribution is 2.23. The van der Waals surface area contributed by atoms with Gasteiger partial charge in [0.1, 0.15) is 0 Å². The molecule has 0 aromatic heterocycles. The summed E-state index contributed by atoms with van der Waals surface area (Å²) >= 11 is 6.05. The fourth-order valence-corrected chi connectivity index (χ4v) is 2.34. The molecule has 0 spiro atoms. The quantitative estimate of drug-likeness (QED) is 0.876. The summed E-state index contributed by atoms with van der Waals surface area (Å²) in [4.78, 5) is 12.2. The SMILES string of the molecule is CC1(C(=O)Cc2ccccc2Cl)CCCN1. The number of Topliss-reactive ketones (excluding diaryl/α,β-unsaturated/α-hetero) is 1. The number of benzene rings is 1. The van der Waals surface area contributed by atoms with Crippen LogP contribution >= 0.6 is 11.6 Å². The third-order valence-electron chi connectivity index (χ3n) is 3.29. The van der Waals surface area contributed by atoms with E-state index in [1.165, 1.54) is 0 Å². The van der Waals surface area contributed by atoms with E-state index in [2.05, 4.69) is 5.32 Å². The molecule has 86 valence electrons. The third kappa shape index (κ3) is 2.28. The van der Waals surface area contributed by atoms with E-state index in [1.807, 2.05) is 31.2 Å². The average Bonchev–Trinajstić information content (AvgIpc) is 2.70. The minimum atomic E-state index is -0.348. The van der Waals surface area contributed by atoms with E-state index in [0.29, 0.717) is 11.4 Å². The predicted molar refractivity (Wildman–Crippen MR) is 65.8 cm³/mol. The van der Waals surface area contributed by atoms with Gasteiger partial charge in [0.2, 0.25) is 0 Å². The van der Waals surface area contributed by atoms with Gasteiger partial charge in [0, 0.05) is 11.4 Å². The molecule has 1 fully saturated rings. The maximum absolute atomic E-state index is 12.2. The number of halogens is 1. The average molecular weight is 238 g/mol. The molecule has 16 heavy (non-hydrogen) atoms. The number of ketones is 1. The van der Waals surface area contributed by atoms with E-state index in [0.717, 1.165) is 24.9 Å². The van der Waals surface area contributed by atoms with E-state index in [9.17, 15) is 4.79 Å². The van der Waals surface area contributed by atoms with E-state index in [-0.39, 0.29) is 11.3 Å². The second-order valence-electron chi connectivity index (χ2n) is 4.55. The molecule has 1 N–H and O–H groups in total. The van der Waals surface area contributed by atoms with Gasteiger partial charge in [-0.2, -0.15) is 0 Å². The van der Waals surface area contributed by atoms with Crippen molar-refractivity contribution < 1.29 is 4.79 Å². The normalized spacial score (nSPS) is 24.6. The van der Waals surface area contributed by atoms with Gasteiger partial charge in [-0.25, -0.2) is 0 Å². The number of nitrogens with one attached hydrogen (secondary N) is 1. The molecule has 0 saturated carbocycles. The molecular weight excluding hydrogens is 222 g/mol. The van der Waals surface area contributed by atoms with Crippen LogP contribution in [0, 0.1) is 0 Å². The van der Waals surface area contributed by atoms with Crippen LogP contribution in [0.5, 0.6) is 0 Å². The third-order valence-corrected chi connectivity index (χ3v) is 3.66. The summed E-state index contributed by atoms with van der Waals surface area (Å²) in [5.41, 5.74) is 0.572. The zero-order valence-electron chi connectivity index (χ0n) is 9.42. The van der Waals surface area contributed by atoms with Crippen LogP contribution in [0.1, 0.15) is 25.3 Å². The molecule has 0 bridgehead atoms. The van der Waals surface area contributed by atoms with Crippen LogP contribution in [-0.2, 0) is 11.2 Å². The van der Waals surface area contributed by atoms with Crippen molar-refractivity contribution in [1.29, 1.82) is 0 Å². The smallest absolute Gasteiger partial charge is 0.156 e. The highest BCUT2D eigenvalue weighted by molar-refractivity contribution is 6.31. The lowest BCUT2D eigenvalue weighted by atomic mass is 9.90. The van der Waals surface area contributed by atoms with Crippen molar-refractivity contribution in [2.24, 2.45) is 0 Å². The molecule has 1 atom stereocenters. The maximum atomic E-state index is 12.2. The molecule has 0 aliphatic carbocycles. The molecule has 0 radical (unpaired) electrons. The molecule has 2 rings (SSSR count). The Balaban J connectivity index is 2.10. The van der Waals surface area contributed by atoms with Crippen molar-refractivity contribution in [2.75, 3.05) is 6.54 Å². The lowest BCUT2D eigenvalue weighted by molar-refractivity contribution is -0.123. The van der Waals surface area contributed by atoms with Crippen LogP contribution in [0.2, 0.25) is 5.02 Å². The predicted octanol–water partition coefficient (Wildman–Crippen LogP) is 2.59. The Labute approximate surface area is 101 Å². The first-order chi connectivity index (χ1) is 7.62. The Bertz CT molecular complexity index is 397. The monoisotopic (exact) mass is 237 g/mol. The van der Waals surface area contributed by atoms with Gasteiger partial charge in [0.05, 0.1) is 5.54 Å². The second kappa shape index (κ2) is 4.56. The Hall–Kier alpha value is -0.860. The Morgan fingerprint density at radius 2 is 2.25 bits per heavy atom. The number of hydrogen-bond acceptors (Lipinski definition) is 2. The summed E-state index contributed by atoms with van der Waals surface area (Å²) in [6.45, 7) is 2.92. The summed E-state index contributed by atoms with van der Waals surface area (Å²) in [7, 11) is 0. The second-order valence-corrected chi connectivity index (χ2v) is 4.96. The lowest BCUT2D eigenvalue weighted by Gasteiger charge is -2.22. The van der Waals surface area contributed by atoms with E-state index in [4.69, 9.17) is 11.6 Å². The molecular formula is C13H16ClNO. The fraction of sp³-hybridized carbons (Fsp3) is 0.462. The largest absolute Gasteiger partial charge is 0.305 e. The topological polar surface area (TPSA) is 29.1 Å². The molecule has 3 heteroatoms. The van der Waals surface area contributed by atoms with Gasteiger partial charge in [-0.1, -0.05) is 29.8 Å². The summed E-state index contributed by atoms with van der Waals surface area (Å²) in [6.07, 6.45) is 2.42. The van der Waals surface area contributed by atoms with Crippen molar-refractivity contribution in [3.8, 4) is 0 Å². The van der Waals surface area contributed by atoms with Crippen LogP contribution in [0.15, 0.2) is 24.3 Å². The highest BCUT2D eigenvalue weighted by atomic mass is 35.5. The van der Waals surface area contributed by atoms with Crippen molar-refractivity contribution in [3.63, 3.8) is 0 Å². The molecule has 1 heterocycles. The summed E-state index contributed by atoms with van der Waals surface area (Å²) in [5, 5.41) is 3.96. The first kappa shape index (κ1) is 11.6. The van der Waals surface area contributed by atoms with Crippen LogP contribution in [-0.4, -0.2) is 17.9 Å². The minimum absolute atomic E-state index is 0.234. The van der Waals surface area contributed by atoms with Crippen LogP contribution in [0.4, 0.5) is 0 Å². The van der Waals surface area contributed by atoms with E-state index >= 15 is 0 Å². The van der Waals surface area contributed by atoms with Gasteiger partial charge < -0.3 is 5.32 Å². The Morgan fingerprint density at radius 3 is 2.88 bits per heavy atom. The van der Waals surface area contributed by atoms with E-state index in [1.54, 1.807) is 0 Å². The number of rotatable bonds is 3. The maximum Gasteiger partial charge on any atom is 0.156 e. The van der Waals surface area contributed by atoms with Crippen molar-refractivity contribution in [1.82, 2.24) is 5.32 Å². The summed E-state index contributed by atoms with van der Waals surface area (Å²) in [5.74, 6) is 0.234. The molecule has 1 aliphatic rings. The van der Waals surface area contributed by atoms with Gasteiger partial charge >= 0.3 is 0 Å². The highest BCUT2D eigenvalue weighted by Gasteiger charge is 2.35. The van der Waals surface area contributed by atoms with Gasteiger partial charge in [-0.05, 0) is 37.9 Å². The summed E-state index contributed by atoms with van der Waals surface area (Å²) in [6, 6.07) is 7.54. The summed E-state index contributed by atoms with van der Waals surface area (Å²) < 4.78 is 0. The van der Waals surface area contributed by atoms with Gasteiger partial charge in [0.15, 0.2) is 5.78 Å². The molecule has 1 aliphatic heterocycles. The first-order valence-electron chi connectivity index (χ1n) is 5.63. The van der Waals surface area contributed by atoms with E-state index < -0.39 is 0 Å². The fourth-order valence-electron chi connectivity index (χ4n) is 2.14. The van der Waals surface area contributed by atoms with Crippen molar-refractivity contribution in [2.45, 2.75) is 31.7 Å². The zero-order valence-corrected chi connectivity index (χ0v) is 10.2. The molecule has 1 aromatic carbocycles. The Morgan fingerprint density at radius 1 is 1.50 bits per heavy atom. The van der Waals surface area contributed by atoms with Crippen molar-refractivity contribution >= 4 is 17.4 Å². The van der Waals surface area contributed by atoms with Gasteiger partial charge in [-0.15, -0.1) is 0 Å². The van der Waals surface area contributed by atoms with Crippen molar-refractivity contribution in [3.05, 3.63) is 34.9 Å². The molecule has 1 unspecified atom stereocenters. The number of carbonyl (C=O) groups excluding carboxylic acids is 1. The number of hydrogen-bond donors (Lipinski definition) is 1. The van der Waals surface area contributed by atoms with Gasteiger partial charge in [-0.3, -0.25) is 4.79 Å². The standard InChI is InChI=1S/C13H16ClNO/c1-13(7-4-8-15-13)12(16)9-10-5-2-3-6-11(10)14/h2-3,5-6,15H,4,7-9H2,1H3. The minimum Gasteiger partial charge on any atom is -0.305 e. The lowest BCUT2D eigenvalue weighted by Crippen LogP contribution is -2.45.